The van der Waals surface area contributed by atoms with Gasteiger partial charge in [0.2, 0.25) is 0 Å². The fourth-order valence-corrected chi connectivity index (χ4v) is 2.56. The highest BCUT2D eigenvalue weighted by molar-refractivity contribution is 5.88. The van der Waals surface area contributed by atoms with Gasteiger partial charge in [-0.25, -0.2) is 9.18 Å². The SMILES string of the molecule is CC1(C)CCCN(c2ccc(C(=O)O)cc2F)CC1. The summed E-state index contributed by atoms with van der Waals surface area (Å²) in [6.07, 6.45) is 3.19. The van der Waals surface area contributed by atoms with E-state index in [1.807, 2.05) is 4.90 Å². The molecule has 0 saturated carbocycles. The van der Waals surface area contributed by atoms with Gasteiger partial charge in [0.05, 0.1) is 11.3 Å². The summed E-state index contributed by atoms with van der Waals surface area (Å²) >= 11 is 0. The lowest BCUT2D eigenvalue weighted by Gasteiger charge is -2.25. The molecule has 0 aromatic heterocycles. The molecule has 1 aliphatic rings. The summed E-state index contributed by atoms with van der Waals surface area (Å²) < 4.78 is 14.0. The summed E-state index contributed by atoms with van der Waals surface area (Å²) in [6.45, 7) is 6.11. The number of carbonyl (C=O) groups is 1. The Labute approximate surface area is 113 Å². The van der Waals surface area contributed by atoms with Crippen LogP contribution in [0, 0.1) is 11.2 Å². The van der Waals surface area contributed by atoms with Gasteiger partial charge in [-0.15, -0.1) is 0 Å². The zero-order chi connectivity index (χ0) is 14.0. The van der Waals surface area contributed by atoms with Crippen molar-refractivity contribution in [3.63, 3.8) is 0 Å². The van der Waals surface area contributed by atoms with Crippen LogP contribution in [-0.4, -0.2) is 24.2 Å². The molecule has 1 aromatic carbocycles. The molecule has 19 heavy (non-hydrogen) atoms. The maximum absolute atomic E-state index is 14.0. The lowest BCUT2D eigenvalue weighted by molar-refractivity contribution is 0.0696. The zero-order valence-corrected chi connectivity index (χ0v) is 11.4. The van der Waals surface area contributed by atoms with Crippen molar-refractivity contribution >= 4 is 11.7 Å². The lowest BCUT2D eigenvalue weighted by atomic mass is 9.85. The molecule has 0 bridgehead atoms. The van der Waals surface area contributed by atoms with E-state index >= 15 is 0 Å². The highest BCUT2D eigenvalue weighted by atomic mass is 19.1. The van der Waals surface area contributed by atoms with Crippen LogP contribution in [0.3, 0.4) is 0 Å². The smallest absolute Gasteiger partial charge is 0.335 e. The normalized spacial score (nSPS) is 19.0. The predicted octanol–water partition coefficient (Wildman–Crippen LogP) is 3.54. The van der Waals surface area contributed by atoms with Crippen LogP contribution in [0.2, 0.25) is 0 Å². The van der Waals surface area contributed by atoms with Crippen LogP contribution in [0.5, 0.6) is 0 Å². The first kappa shape index (κ1) is 13.8. The van der Waals surface area contributed by atoms with Crippen LogP contribution in [0.15, 0.2) is 18.2 Å². The maximum atomic E-state index is 14.0. The highest BCUT2D eigenvalue weighted by Gasteiger charge is 2.24. The molecule has 1 fully saturated rings. The number of anilines is 1. The topological polar surface area (TPSA) is 40.5 Å². The van der Waals surface area contributed by atoms with Crippen molar-refractivity contribution in [2.24, 2.45) is 5.41 Å². The summed E-state index contributed by atoms with van der Waals surface area (Å²) in [5.74, 6) is -1.54. The van der Waals surface area contributed by atoms with E-state index in [0.717, 1.165) is 38.4 Å². The number of carboxylic acids is 1. The number of halogens is 1. The molecule has 0 unspecified atom stereocenters. The second kappa shape index (κ2) is 5.19. The number of benzene rings is 1. The fraction of sp³-hybridized carbons (Fsp3) is 0.533. The molecule has 1 N–H and O–H groups in total. The predicted molar refractivity (Wildman–Crippen MR) is 73.2 cm³/mol. The van der Waals surface area contributed by atoms with Gasteiger partial charge >= 0.3 is 5.97 Å². The number of nitrogens with zero attached hydrogens (tertiary/aromatic N) is 1. The summed E-state index contributed by atoms with van der Waals surface area (Å²) in [5, 5.41) is 8.84. The molecule has 0 spiro atoms. The molecule has 1 heterocycles. The van der Waals surface area contributed by atoms with E-state index in [0.29, 0.717) is 11.1 Å². The van der Waals surface area contributed by atoms with Crippen LogP contribution in [0.1, 0.15) is 43.5 Å². The largest absolute Gasteiger partial charge is 0.478 e. The fourth-order valence-electron chi connectivity index (χ4n) is 2.56. The maximum Gasteiger partial charge on any atom is 0.335 e. The summed E-state index contributed by atoms with van der Waals surface area (Å²) in [7, 11) is 0. The number of carboxylic acid groups (broad SMARTS) is 1. The van der Waals surface area contributed by atoms with Crippen LogP contribution in [0.4, 0.5) is 10.1 Å². The molecule has 1 aromatic rings. The van der Waals surface area contributed by atoms with Crippen molar-refractivity contribution in [1.82, 2.24) is 0 Å². The van der Waals surface area contributed by atoms with E-state index in [1.165, 1.54) is 6.07 Å². The van der Waals surface area contributed by atoms with E-state index in [1.54, 1.807) is 6.07 Å². The first-order valence-corrected chi connectivity index (χ1v) is 6.67. The van der Waals surface area contributed by atoms with Gasteiger partial charge in [-0.1, -0.05) is 13.8 Å². The van der Waals surface area contributed by atoms with Crippen LogP contribution in [0.25, 0.3) is 0 Å². The van der Waals surface area contributed by atoms with E-state index in [9.17, 15) is 9.18 Å². The average Bonchev–Trinajstić information content (AvgIpc) is 2.50. The lowest BCUT2D eigenvalue weighted by Crippen LogP contribution is -2.26. The van der Waals surface area contributed by atoms with Gasteiger partial charge < -0.3 is 10.0 Å². The minimum Gasteiger partial charge on any atom is -0.478 e. The molecule has 4 heteroatoms. The molecule has 3 nitrogen and oxygen atoms in total. The zero-order valence-electron chi connectivity index (χ0n) is 11.4. The monoisotopic (exact) mass is 265 g/mol. The Morgan fingerprint density at radius 3 is 2.68 bits per heavy atom. The quantitative estimate of drug-likeness (QED) is 0.889. The van der Waals surface area contributed by atoms with Crippen molar-refractivity contribution in [3.05, 3.63) is 29.6 Å². The van der Waals surface area contributed by atoms with Gasteiger partial charge in [-0.3, -0.25) is 0 Å². The third kappa shape index (κ3) is 3.25. The second-order valence-corrected chi connectivity index (χ2v) is 5.98. The van der Waals surface area contributed by atoms with Gasteiger partial charge in [-0.05, 0) is 42.9 Å². The van der Waals surface area contributed by atoms with Crippen molar-refractivity contribution in [3.8, 4) is 0 Å². The Morgan fingerprint density at radius 1 is 1.32 bits per heavy atom. The van der Waals surface area contributed by atoms with Gasteiger partial charge in [0.15, 0.2) is 0 Å². The molecule has 2 rings (SSSR count). The Hall–Kier alpha value is -1.58. The molecule has 0 amide bonds. The average molecular weight is 265 g/mol. The summed E-state index contributed by atoms with van der Waals surface area (Å²) in [5.41, 5.74) is 0.811. The van der Waals surface area contributed by atoms with E-state index in [2.05, 4.69) is 13.8 Å². The van der Waals surface area contributed by atoms with Gasteiger partial charge in [-0.2, -0.15) is 0 Å². The molecule has 1 saturated heterocycles. The van der Waals surface area contributed by atoms with Gasteiger partial charge in [0.1, 0.15) is 5.82 Å². The van der Waals surface area contributed by atoms with Crippen LogP contribution < -0.4 is 4.90 Å². The number of aromatic carboxylic acids is 1. The van der Waals surface area contributed by atoms with Crippen LogP contribution in [-0.2, 0) is 0 Å². The molecule has 1 aliphatic heterocycles. The summed E-state index contributed by atoms with van der Waals surface area (Å²) in [6, 6.07) is 4.15. The number of hydrogen-bond donors (Lipinski definition) is 1. The first-order chi connectivity index (χ1) is 8.89. The molecular weight excluding hydrogens is 245 g/mol. The molecular formula is C15H20FNO2. The molecule has 0 aliphatic carbocycles. The number of rotatable bonds is 2. The van der Waals surface area contributed by atoms with E-state index in [4.69, 9.17) is 5.11 Å². The van der Waals surface area contributed by atoms with Crippen molar-refractivity contribution in [2.75, 3.05) is 18.0 Å². The number of hydrogen-bond acceptors (Lipinski definition) is 2. The second-order valence-electron chi connectivity index (χ2n) is 5.98. The van der Waals surface area contributed by atoms with E-state index < -0.39 is 11.8 Å². The third-order valence-electron chi connectivity index (χ3n) is 3.88. The van der Waals surface area contributed by atoms with E-state index in [-0.39, 0.29) is 5.56 Å². The molecule has 104 valence electrons. The Bertz CT molecular complexity index is 485. The Balaban J connectivity index is 2.20. The van der Waals surface area contributed by atoms with Crippen LogP contribution >= 0.6 is 0 Å². The summed E-state index contributed by atoms with van der Waals surface area (Å²) in [4.78, 5) is 12.8. The van der Waals surface area contributed by atoms with Gasteiger partial charge in [0, 0.05) is 13.1 Å². The highest BCUT2D eigenvalue weighted by Crippen LogP contribution is 2.32. The van der Waals surface area contributed by atoms with Crippen molar-refractivity contribution < 1.29 is 14.3 Å². The van der Waals surface area contributed by atoms with Crippen molar-refractivity contribution in [1.29, 1.82) is 0 Å². The van der Waals surface area contributed by atoms with Crippen molar-refractivity contribution in [2.45, 2.75) is 33.1 Å². The van der Waals surface area contributed by atoms with Gasteiger partial charge in [0.25, 0.3) is 0 Å². The minimum absolute atomic E-state index is 0.00333. The molecule has 0 radical (unpaired) electrons. The minimum atomic E-state index is -1.09. The Kier molecular flexibility index (Phi) is 3.78. The third-order valence-corrected chi connectivity index (χ3v) is 3.88. The molecule has 0 atom stereocenters. The standard InChI is InChI=1S/C15H20FNO2/c1-15(2)6-3-8-17(9-7-15)13-5-4-11(14(18)19)10-12(13)16/h4-5,10H,3,6-9H2,1-2H3,(H,18,19). The Morgan fingerprint density at radius 2 is 2.05 bits per heavy atom. The first-order valence-electron chi connectivity index (χ1n) is 6.67.